The molecule has 2 aromatic rings. The molecule has 1 N–H and O–H groups in total. The molecule has 0 heterocycles. The number of non-ortho nitro benzene ring substituents is 1. The quantitative estimate of drug-likeness (QED) is 0.249. The van der Waals surface area contributed by atoms with E-state index in [1.54, 1.807) is 31.2 Å². The molecule has 34 heavy (non-hydrogen) atoms. The van der Waals surface area contributed by atoms with Crippen molar-refractivity contribution in [1.29, 1.82) is 5.26 Å². The Morgan fingerprint density at radius 2 is 1.74 bits per heavy atom. The Kier molecular flexibility index (Phi) is 9.13. The van der Waals surface area contributed by atoms with Crippen LogP contribution in [0.3, 0.4) is 0 Å². The number of nitriles is 1. The summed E-state index contributed by atoms with van der Waals surface area (Å²) in [7, 11) is 0. The van der Waals surface area contributed by atoms with Gasteiger partial charge in [-0.05, 0) is 31.0 Å². The zero-order chi connectivity index (χ0) is 25.3. The molecule has 12 nitrogen and oxygen atoms in total. The first-order valence-electron chi connectivity index (χ1n) is 10.7. The molecule has 0 saturated heterocycles. The average Bonchev–Trinajstić information content (AvgIpc) is 2.82. The number of hydrogen-bond acceptors (Lipinski definition) is 9. The maximum atomic E-state index is 12.1. The third-order valence-electron chi connectivity index (χ3n) is 4.79. The molecule has 0 radical (unpaired) electrons. The van der Waals surface area contributed by atoms with Gasteiger partial charge in [-0.1, -0.05) is 20.8 Å². The molecule has 0 spiro atoms. The highest BCUT2D eigenvalue weighted by Gasteiger charge is 2.24. The lowest BCUT2D eigenvalue weighted by Crippen LogP contribution is -2.25. The molecule has 0 unspecified atom stereocenters. The average molecular weight is 467 g/mol. The molecule has 0 aromatic heterocycles. The van der Waals surface area contributed by atoms with Gasteiger partial charge in [-0.2, -0.15) is 5.26 Å². The van der Waals surface area contributed by atoms with Crippen LogP contribution in [0.5, 0.6) is 0 Å². The molecular formula is C22H25N7O5. The third kappa shape index (κ3) is 6.32. The molecule has 2 rings (SSSR count). The van der Waals surface area contributed by atoms with Crippen LogP contribution in [0.2, 0.25) is 0 Å². The Morgan fingerprint density at radius 1 is 1.06 bits per heavy atom. The Bertz CT molecular complexity index is 1150. The highest BCUT2D eigenvalue weighted by molar-refractivity contribution is 5.94. The predicted molar refractivity (Wildman–Crippen MR) is 127 cm³/mol. The van der Waals surface area contributed by atoms with E-state index in [9.17, 15) is 30.3 Å². The molecule has 12 heteroatoms. The maximum absolute atomic E-state index is 12.1. The van der Waals surface area contributed by atoms with Gasteiger partial charge in [0.05, 0.1) is 27.2 Å². The van der Waals surface area contributed by atoms with Gasteiger partial charge in [0.2, 0.25) is 5.91 Å². The lowest BCUT2D eigenvalue weighted by atomic mass is 10.1. The van der Waals surface area contributed by atoms with Gasteiger partial charge in [0, 0.05) is 31.3 Å². The summed E-state index contributed by atoms with van der Waals surface area (Å²) in [5.74, 6) is -0.259. The van der Waals surface area contributed by atoms with Crippen LogP contribution in [0.4, 0.5) is 34.1 Å². The number of carbonyl (C=O) groups excluding carboxylic acids is 1. The number of nitrogens with zero attached hydrogens (tertiary/aromatic N) is 6. The van der Waals surface area contributed by atoms with E-state index in [0.29, 0.717) is 5.69 Å². The number of nitrogens with one attached hydrogen (secondary N) is 1. The van der Waals surface area contributed by atoms with Crippen molar-refractivity contribution in [3.05, 3.63) is 56.1 Å². The number of nitro benzene ring substituents is 2. The molecule has 0 fully saturated rings. The van der Waals surface area contributed by atoms with Crippen molar-refractivity contribution in [3.8, 4) is 6.07 Å². The van der Waals surface area contributed by atoms with Gasteiger partial charge in [0.1, 0.15) is 11.8 Å². The smallest absolute Gasteiger partial charge is 0.304 e. The van der Waals surface area contributed by atoms with Crippen LogP contribution in [0.1, 0.15) is 45.6 Å². The monoisotopic (exact) mass is 467 g/mol. The number of hydrogen-bond donors (Lipinski definition) is 1. The number of nitro groups is 2. The van der Waals surface area contributed by atoms with Crippen LogP contribution in [-0.4, -0.2) is 28.8 Å². The van der Waals surface area contributed by atoms with E-state index in [0.717, 1.165) is 43.8 Å². The zero-order valence-corrected chi connectivity index (χ0v) is 19.1. The SMILES string of the molecule is CCCN(CCC)c1ccc(/N=N/c2c(C#N)cc([N+](=O)[O-])cc2[N+](=O)[O-])c(NC(=O)CC)c1. The number of anilines is 2. The lowest BCUT2D eigenvalue weighted by molar-refractivity contribution is -0.393. The second kappa shape index (κ2) is 12.0. The minimum Gasteiger partial charge on any atom is -0.371 e. The maximum Gasteiger partial charge on any atom is 0.304 e. The third-order valence-corrected chi connectivity index (χ3v) is 4.79. The predicted octanol–water partition coefficient (Wildman–Crippen LogP) is 5.76. The van der Waals surface area contributed by atoms with Gasteiger partial charge < -0.3 is 10.2 Å². The molecule has 2 aromatic carbocycles. The van der Waals surface area contributed by atoms with E-state index in [1.165, 1.54) is 0 Å². The fraction of sp³-hybridized carbons (Fsp3) is 0.364. The summed E-state index contributed by atoms with van der Waals surface area (Å²) in [5, 5.41) is 42.6. The first-order valence-corrected chi connectivity index (χ1v) is 10.7. The normalized spacial score (nSPS) is 10.6. The Morgan fingerprint density at radius 3 is 2.26 bits per heavy atom. The van der Waals surface area contributed by atoms with Crippen molar-refractivity contribution in [1.82, 2.24) is 0 Å². The van der Waals surface area contributed by atoms with E-state index in [4.69, 9.17) is 0 Å². The molecule has 0 aliphatic heterocycles. The van der Waals surface area contributed by atoms with Gasteiger partial charge in [-0.15, -0.1) is 10.2 Å². The Labute approximate surface area is 196 Å². The van der Waals surface area contributed by atoms with Crippen LogP contribution in [0, 0.1) is 31.6 Å². The summed E-state index contributed by atoms with van der Waals surface area (Å²) in [6, 6.07) is 8.49. The number of benzene rings is 2. The summed E-state index contributed by atoms with van der Waals surface area (Å²) < 4.78 is 0. The Balaban J connectivity index is 2.60. The number of amides is 1. The Hall–Kier alpha value is -4.40. The zero-order valence-electron chi connectivity index (χ0n) is 19.1. The van der Waals surface area contributed by atoms with Crippen molar-refractivity contribution < 1.29 is 14.6 Å². The fourth-order valence-corrected chi connectivity index (χ4v) is 3.20. The minimum atomic E-state index is -0.863. The van der Waals surface area contributed by atoms with E-state index in [1.807, 2.05) is 0 Å². The second-order valence-electron chi connectivity index (χ2n) is 7.28. The first-order chi connectivity index (χ1) is 16.2. The molecule has 1 amide bonds. The fourth-order valence-electron chi connectivity index (χ4n) is 3.20. The largest absolute Gasteiger partial charge is 0.371 e. The van der Waals surface area contributed by atoms with E-state index in [-0.39, 0.29) is 23.6 Å². The first kappa shape index (κ1) is 25.9. The molecule has 178 valence electrons. The summed E-state index contributed by atoms with van der Waals surface area (Å²) in [6.45, 7) is 7.46. The number of carbonyl (C=O) groups is 1. The van der Waals surface area contributed by atoms with Crippen molar-refractivity contribution in [2.24, 2.45) is 10.2 Å². The van der Waals surface area contributed by atoms with Crippen LogP contribution in [0.15, 0.2) is 40.6 Å². The summed E-state index contributed by atoms with van der Waals surface area (Å²) in [5.41, 5.74) is -0.653. The lowest BCUT2D eigenvalue weighted by Gasteiger charge is -2.24. The highest BCUT2D eigenvalue weighted by atomic mass is 16.6. The van der Waals surface area contributed by atoms with Crippen LogP contribution < -0.4 is 10.2 Å². The van der Waals surface area contributed by atoms with Gasteiger partial charge in [-0.25, -0.2) is 0 Å². The second-order valence-corrected chi connectivity index (χ2v) is 7.28. The summed E-state index contributed by atoms with van der Waals surface area (Å²) >= 11 is 0. The van der Waals surface area contributed by atoms with Crippen molar-refractivity contribution >= 4 is 40.0 Å². The molecule has 0 aliphatic rings. The van der Waals surface area contributed by atoms with Crippen LogP contribution >= 0.6 is 0 Å². The summed E-state index contributed by atoms with van der Waals surface area (Å²) in [6.07, 6.45) is 2.08. The van der Waals surface area contributed by atoms with Gasteiger partial charge in [0.15, 0.2) is 5.69 Å². The van der Waals surface area contributed by atoms with Crippen LogP contribution in [0.25, 0.3) is 0 Å². The molecule has 0 aliphatic carbocycles. The van der Waals surface area contributed by atoms with E-state index >= 15 is 0 Å². The van der Waals surface area contributed by atoms with E-state index in [2.05, 4.69) is 34.3 Å². The standard InChI is InChI=1S/C22H25N7O5/c1-4-9-27(10-5-2)16-7-8-18(19(12-16)24-21(30)6-3)25-26-22-15(14-23)11-17(28(31)32)13-20(22)29(33)34/h7-8,11-13H,4-6,9-10H2,1-3H3,(H,24,30)/b26-25+. The van der Waals surface area contributed by atoms with E-state index < -0.39 is 26.9 Å². The topological polar surface area (TPSA) is 167 Å². The van der Waals surface area contributed by atoms with Crippen molar-refractivity contribution in [2.75, 3.05) is 23.3 Å². The van der Waals surface area contributed by atoms with Crippen LogP contribution in [-0.2, 0) is 4.79 Å². The molecular weight excluding hydrogens is 442 g/mol. The van der Waals surface area contributed by atoms with Crippen molar-refractivity contribution in [2.45, 2.75) is 40.0 Å². The number of rotatable bonds is 11. The van der Waals surface area contributed by atoms with Gasteiger partial charge in [0.25, 0.3) is 5.69 Å². The highest BCUT2D eigenvalue weighted by Crippen LogP contribution is 2.38. The molecule has 0 bridgehead atoms. The molecule has 0 saturated carbocycles. The minimum absolute atomic E-state index is 0.218. The summed E-state index contributed by atoms with van der Waals surface area (Å²) in [4.78, 5) is 35.1. The van der Waals surface area contributed by atoms with Crippen molar-refractivity contribution in [3.63, 3.8) is 0 Å². The van der Waals surface area contributed by atoms with Gasteiger partial charge in [-0.3, -0.25) is 25.0 Å². The number of azo groups is 1. The van der Waals surface area contributed by atoms with Gasteiger partial charge >= 0.3 is 5.69 Å². The molecule has 0 atom stereocenters.